The molecule has 2 rings (SSSR count). The van der Waals surface area contributed by atoms with Gasteiger partial charge in [0.1, 0.15) is 10.8 Å². The summed E-state index contributed by atoms with van der Waals surface area (Å²) in [6.07, 6.45) is 4.77. The van der Waals surface area contributed by atoms with Gasteiger partial charge in [0.25, 0.3) is 5.69 Å². The quantitative estimate of drug-likeness (QED) is 0.501. The third-order valence-electron chi connectivity index (χ3n) is 3.32. The van der Waals surface area contributed by atoms with E-state index in [0.29, 0.717) is 16.1 Å². The van der Waals surface area contributed by atoms with Crippen molar-refractivity contribution in [2.45, 2.75) is 42.9 Å². The number of nitrogens with zero attached hydrogens (tertiary/aromatic N) is 2. The molecule has 0 bridgehead atoms. The molecule has 19 heavy (non-hydrogen) atoms. The maximum atomic E-state index is 10.9. The summed E-state index contributed by atoms with van der Waals surface area (Å²) in [6.45, 7) is 2.25. The molecule has 2 atom stereocenters. The van der Waals surface area contributed by atoms with E-state index in [2.05, 4.69) is 17.3 Å². The lowest BCUT2D eigenvalue weighted by molar-refractivity contribution is -0.385. The predicted molar refractivity (Wildman–Crippen MR) is 76.0 cm³/mol. The second-order valence-electron chi connectivity index (χ2n) is 4.96. The van der Waals surface area contributed by atoms with Gasteiger partial charge in [-0.3, -0.25) is 10.1 Å². The smallest absolute Gasteiger partial charge is 0.275 e. The molecule has 0 aliphatic heterocycles. The van der Waals surface area contributed by atoms with E-state index in [1.54, 1.807) is 11.8 Å². The highest BCUT2D eigenvalue weighted by molar-refractivity contribution is 7.99. The number of nitrogens with one attached hydrogen (secondary N) is 1. The predicted octanol–water partition coefficient (Wildman–Crippen LogP) is 2.95. The summed E-state index contributed by atoms with van der Waals surface area (Å²) in [5.74, 6) is 6.35. The first-order valence-corrected chi connectivity index (χ1v) is 7.26. The van der Waals surface area contributed by atoms with E-state index in [9.17, 15) is 10.1 Å². The van der Waals surface area contributed by atoms with Crippen LogP contribution in [0.1, 0.15) is 32.6 Å². The Bertz CT molecular complexity index is 469. The molecule has 0 amide bonds. The molecule has 0 radical (unpaired) electrons. The van der Waals surface area contributed by atoms with E-state index in [4.69, 9.17) is 5.84 Å². The van der Waals surface area contributed by atoms with Gasteiger partial charge in [0, 0.05) is 11.3 Å². The van der Waals surface area contributed by atoms with Gasteiger partial charge in [0.15, 0.2) is 0 Å². The molecule has 1 heterocycles. The Morgan fingerprint density at radius 1 is 1.53 bits per heavy atom. The van der Waals surface area contributed by atoms with Gasteiger partial charge < -0.3 is 5.43 Å². The monoisotopic (exact) mass is 282 g/mol. The zero-order valence-corrected chi connectivity index (χ0v) is 11.7. The number of nitrogens with two attached hydrogens (primary N) is 1. The van der Waals surface area contributed by atoms with Crippen LogP contribution in [-0.2, 0) is 0 Å². The molecule has 1 aliphatic carbocycles. The van der Waals surface area contributed by atoms with Gasteiger partial charge in [-0.05, 0) is 18.8 Å². The molecule has 0 aromatic carbocycles. The van der Waals surface area contributed by atoms with Crippen LogP contribution in [0.15, 0.2) is 17.2 Å². The summed E-state index contributed by atoms with van der Waals surface area (Å²) < 4.78 is 0. The standard InChI is InChI=1S/C12H18N4O2S/c1-8-3-2-4-10(5-8)19-12-7-9(16(17)18)6-11(14-12)15-13/h6-8,10H,2-5,13H2,1H3,(H,14,15). The topological polar surface area (TPSA) is 94.1 Å². The summed E-state index contributed by atoms with van der Waals surface area (Å²) >= 11 is 1.62. The molecule has 1 aromatic heterocycles. The summed E-state index contributed by atoms with van der Waals surface area (Å²) in [5.41, 5.74) is 2.40. The number of hydrogen-bond acceptors (Lipinski definition) is 6. The molecular formula is C12H18N4O2S. The van der Waals surface area contributed by atoms with Crippen LogP contribution < -0.4 is 11.3 Å². The summed E-state index contributed by atoms with van der Waals surface area (Å²) in [6, 6.07) is 2.86. The van der Waals surface area contributed by atoms with Crippen molar-refractivity contribution in [3.63, 3.8) is 0 Å². The van der Waals surface area contributed by atoms with Crippen LogP contribution in [-0.4, -0.2) is 15.2 Å². The molecule has 0 saturated heterocycles. The highest BCUT2D eigenvalue weighted by atomic mass is 32.2. The van der Waals surface area contributed by atoms with E-state index in [1.165, 1.54) is 25.0 Å². The van der Waals surface area contributed by atoms with Gasteiger partial charge >= 0.3 is 0 Å². The molecule has 6 nitrogen and oxygen atoms in total. The van der Waals surface area contributed by atoms with Crippen LogP contribution in [0.4, 0.5) is 11.5 Å². The average molecular weight is 282 g/mol. The van der Waals surface area contributed by atoms with Gasteiger partial charge in [-0.1, -0.05) is 19.8 Å². The number of pyridine rings is 1. The average Bonchev–Trinajstić information content (AvgIpc) is 2.38. The Balaban J connectivity index is 2.14. The van der Waals surface area contributed by atoms with Crippen molar-refractivity contribution in [3.05, 3.63) is 22.2 Å². The van der Waals surface area contributed by atoms with Gasteiger partial charge in [0.2, 0.25) is 0 Å². The second kappa shape index (κ2) is 6.21. The van der Waals surface area contributed by atoms with Crippen LogP contribution >= 0.6 is 11.8 Å². The number of hydrogen-bond donors (Lipinski definition) is 2. The maximum Gasteiger partial charge on any atom is 0.275 e. The third-order valence-corrected chi connectivity index (χ3v) is 4.53. The molecule has 0 spiro atoms. The van der Waals surface area contributed by atoms with E-state index >= 15 is 0 Å². The van der Waals surface area contributed by atoms with Crippen molar-refractivity contribution in [1.82, 2.24) is 4.98 Å². The van der Waals surface area contributed by atoms with E-state index in [-0.39, 0.29) is 5.69 Å². The number of nitrogen functional groups attached to an aromatic ring is 1. The highest BCUT2D eigenvalue weighted by Crippen LogP contribution is 2.36. The first-order valence-electron chi connectivity index (χ1n) is 6.38. The summed E-state index contributed by atoms with van der Waals surface area (Å²) in [4.78, 5) is 14.7. The van der Waals surface area contributed by atoms with E-state index in [1.807, 2.05) is 0 Å². The first kappa shape index (κ1) is 14.1. The zero-order valence-electron chi connectivity index (χ0n) is 10.8. The van der Waals surface area contributed by atoms with Crippen LogP contribution in [0.3, 0.4) is 0 Å². The normalized spacial score (nSPS) is 23.1. The minimum atomic E-state index is -0.421. The molecule has 3 N–H and O–H groups in total. The molecule has 1 saturated carbocycles. The van der Waals surface area contributed by atoms with Crippen LogP contribution in [0.5, 0.6) is 0 Å². The number of hydrazine groups is 1. The van der Waals surface area contributed by atoms with Crippen LogP contribution in [0.2, 0.25) is 0 Å². The number of anilines is 1. The van der Waals surface area contributed by atoms with Crippen molar-refractivity contribution < 1.29 is 4.92 Å². The fourth-order valence-corrected chi connectivity index (χ4v) is 3.78. The van der Waals surface area contributed by atoms with Gasteiger partial charge in [-0.2, -0.15) is 0 Å². The summed E-state index contributed by atoms with van der Waals surface area (Å²) in [7, 11) is 0. The summed E-state index contributed by atoms with van der Waals surface area (Å²) in [5, 5.41) is 12.0. The molecule has 1 aromatic rings. The lowest BCUT2D eigenvalue weighted by Crippen LogP contribution is -2.15. The fourth-order valence-electron chi connectivity index (χ4n) is 2.39. The van der Waals surface area contributed by atoms with Crippen LogP contribution in [0.25, 0.3) is 0 Å². The Labute approximate surface area is 116 Å². The highest BCUT2D eigenvalue weighted by Gasteiger charge is 2.21. The number of thioether (sulfide) groups is 1. The molecule has 1 fully saturated rings. The zero-order chi connectivity index (χ0) is 13.8. The molecule has 2 unspecified atom stereocenters. The fraction of sp³-hybridized carbons (Fsp3) is 0.583. The van der Waals surface area contributed by atoms with Crippen molar-refractivity contribution in [1.29, 1.82) is 0 Å². The van der Waals surface area contributed by atoms with E-state index in [0.717, 1.165) is 18.8 Å². The molecular weight excluding hydrogens is 264 g/mol. The Hall–Kier alpha value is -1.34. The van der Waals surface area contributed by atoms with Gasteiger partial charge in [-0.25, -0.2) is 10.8 Å². The van der Waals surface area contributed by atoms with E-state index < -0.39 is 4.92 Å². The maximum absolute atomic E-state index is 10.9. The first-order chi connectivity index (χ1) is 9.08. The molecule has 104 valence electrons. The van der Waals surface area contributed by atoms with Crippen molar-refractivity contribution in [2.24, 2.45) is 11.8 Å². The van der Waals surface area contributed by atoms with Crippen molar-refractivity contribution >= 4 is 23.3 Å². The number of rotatable bonds is 4. The Kier molecular flexibility index (Phi) is 4.60. The lowest BCUT2D eigenvalue weighted by atomic mass is 9.91. The Morgan fingerprint density at radius 2 is 2.32 bits per heavy atom. The molecule has 7 heteroatoms. The Morgan fingerprint density at radius 3 is 2.95 bits per heavy atom. The van der Waals surface area contributed by atoms with Crippen molar-refractivity contribution in [2.75, 3.05) is 5.43 Å². The second-order valence-corrected chi connectivity index (χ2v) is 6.28. The minimum absolute atomic E-state index is 0.0225. The lowest BCUT2D eigenvalue weighted by Gasteiger charge is -2.25. The van der Waals surface area contributed by atoms with Crippen LogP contribution in [0, 0.1) is 16.0 Å². The van der Waals surface area contributed by atoms with Gasteiger partial charge in [0.05, 0.1) is 11.0 Å². The third kappa shape index (κ3) is 3.81. The SMILES string of the molecule is CC1CCCC(Sc2cc([N+](=O)[O-])cc(NN)n2)C1. The van der Waals surface area contributed by atoms with Gasteiger partial charge in [-0.15, -0.1) is 11.8 Å². The molecule has 1 aliphatic rings. The number of nitro groups is 1. The largest absolute Gasteiger partial charge is 0.308 e. The van der Waals surface area contributed by atoms with Crippen molar-refractivity contribution in [3.8, 4) is 0 Å². The number of aromatic nitrogens is 1. The minimum Gasteiger partial charge on any atom is -0.308 e.